The van der Waals surface area contributed by atoms with Gasteiger partial charge in [0.1, 0.15) is 0 Å². The Morgan fingerprint density at radius 2 is 1.86 bits per heavy atom. The second-order valence-electron chi connectivity index (χ2n) is 6.22. The summed E-state index contributed by atoms with van der Waals surface area (Å²) in [4.78, 5) is 4.24. The summed E-state index contributed by atoms with van der Waals surface area (Å²) in [6, 6.07) is 15.0. The number of hydrogen-bond acceptors (Lipinski definition) is 3. The van der Waals surface area contributed by atoms with E-state index in [0.29, 0.717) is 25.6 Å². The number of methoxy groups -OCH3 is 1. The zero-order valence-corrected chi connectivity index (χ0v) is 18.8. The molecule has 0 spiro atoms. The molecule has 0 bridgehead atoms. The first-order valence-electron chi connectivity index (χ1n) is 9.00. The van der Waals surface area contributed by atoms with Crippen molar-refractivity contribution in [2.75, 3.05) is 14.2 Å². The molecule has 29 heavy (non-hydrogen) atoms. The van der Waals surface area contributed by atoms with Crippen molar-refractivity contribution in [3.05, 3.63) is 83.4 Å². The lowest BCUT2D eigenvalue weighted by atomic mass is 10.1. The number of nitrogens with one attached hydrogen (secondary N) is 2. The molecule has 3 aromatic rings. The van der Waals surface area contributed by atoms with Crippen molar-refractivity contribution in [3.63, 3.8) is 0 Å². The molecule has 3 rings (SSSR count). The quantitative estimate of drug-likeness (QED) is 0.291. The lowest BCUT2D eigenvalue weighted by molar-refractivity contribution is 0.386. The Hall–Kier alpha value is -2.62. The molecule has 1 heterocycles. The van der Waals surface area contributed by atoms with Crippen molar-refractivity contribution in [2.24, 2.45) is 4.99 Å². The zero-order valence-electron chi connectivity index (χ0n) is 16.4. The second kappa shape index (κ2) is 11.4. The Morgan fingerprint density at radius 1 is 1.10 bits per heavy atom. The van der Waals surface area contributed by atoms with Gasteiger partial charge >= 0.3 is 0 Å². The van der Waals surface area contributed by atoms with Gasteiger partial charge in [0.25, 0.3) is 0 Å². The minimum absolute atomic E-state index is 0. The van der Waals surface area contributed by atoms with Gasteiger partial charge in [0.15, 0.2) is 17.5 Å². The fourth-order valence-electron chi connectivity index (χ4n) is 2.86. The van der Waals surface area contributed by atoms with Crippen molar-refractivity contribution >= 4 is 29.9 Å². The van der Waals surface area contributed by atoms with Crippen LogP contribution in [0.1, 0.15) is 16.7 Å². The Kier molecular flexibility index (Phi) is 8.91. The van der Waals surface area contributed by atoms with Gasteiger partial charge < -0.3 is 15.4 Å². The molecule has 0 saturated heterocycles. The molecular formula is C21H25FIN5O. The highest BCUT2D eigenvalue weighted by atomic mass is 127. The summed E-state index contributed by atoms with van der Waals surface area (Å²) in [5.74, 6) is 0.502. The number of nitrogens with zero attached hydrogens (tertiary/aromatic N) is 3. The number of aliphatic imine (C=N–C) groups is 1. The highest BCUT2D eigenvalue weighted by molar-refractivity contribution is 14.0. The van der Waals surface area contributed by atoms with Crippen molar-refractivity contribution < 1.29 is 9.13 Å². The minimum atomic E-state index is -0.378. The lowest BCUT2D eigenvalue weighted by Crippen LogP contribution is -2.36. The first-order chi connectivity index (χ1) is 13.7. The maximum Gasteiger partial charge on any atom is 0.191 e. The fourth-order valence-corrected chi connectivity index (χ4v) is 2.86. The number of hydrogen-bond donors (Lipinski definition) is 2. The highest BCUT2D eigenvalue weighted by Crippen LogP contribution is 2.17. The van der Waals surface area contributed by atoms with Crippen LogP contribution in [-0.2, 0) is 19.6 Å². The summed E-state index contributed by atoms with van der Waals surface area (Å²) in [5.41, 5.74) is 3.16. The van der Waals surface area contributed by atoms with Crippen LogP contribution >= 0.6 is 24.0 Å². The van der Waals surface area contributed by atoms with Gasteiger partial charge in [0.2, 0.25) is 0 Å². The van der Waals surface area contributed by atoms with Crippen LogP contribution in [0.2, 0.25) is 0 Å². The average molecular weight is 509 g/mol. The molecule has 0 radical (unpaired) electrons. The van der Waals surface area contributed by atoms with E-state index in [-0.39, 0.29) is 35.5 Å². The summed E-state index contributed by atoms with van der Waals surface area (Å²) >= 11 is 0. The van der Waals surface area contributed by atoms with Crippen molar-refractivity contribution in [2.45, 2.75) is 19.6 Å². The zero-order chi connectivity index (χ0) is 19.8. The Balaban J connectivity index is 0.00000300. The molecule has 0 saturated carbocycles. The van der Waals surface area contributed by atoms with E-state index in [0.717, 1.165) is 11.1 Å². The van der Waals surface area contributed by atoms with Gasteiger partial charge in [-0.2, -0.15) is 5.10 Å². The van der Waals surface area contributed by atoms with Gasteiger partial charge in [-0.1, -0.05) is 30.3 Å². The number of rotatable bonds is 7. The van der Waals surface area contributed by atoms with Gasteiger partial charge in [0.05, 0.1) is 13.7 Å². The molecule has 0 atom stereocenters. The van der Waals surface area contributed by atoms with Gasteiger partial charge in [-0.05, 0) is 34.9 Å². The summed E-state index contributed by atoms with van der Waals surface area (Å²) in [6.07, 6.45) is 3.72. The third-order valence-electron chi connectivity index (χ3n) is 4.36. The number of ether oxygens (including phenoxy) is 1. The van der Waals surface area contributed by atoms with Crippen molar-refractivity contribution in [1.82, 2.24) is 20.4 Å². The summed E-state index contributed by atoms with van der Waals surface area (Å²) < 4.78 is 20.7. The smallest absolute Gasteiger partial charge is 0.191 e. The molecule has 2 aromatic carbocycles. The SMILES string of the molecule is CN=C(NCc1ccc(OC)c(F)c1)NCc1ccccc1Cn1cccn1.I. The molecule has 154 valence electrons. The monoisotopic (exact) mass is 509 g/mol. The molecule has 2 N–H and O–H groups in total. The Morgan fingerprint density at radius 3 is 2.52 bits per heavy atom. The Labute approximate surface area is 187 Å². The van der Waals surface area contributed by atoms with Crippen LogP contribution in [0.5, 0.6) is 5.75 Å². The number of aromatic nitrogens is 2. The normalized spacial score (nSPS) is 10.9. The minimum Gasteiger partial charge on any atom is -0.494 e. The van der Waals surface area contributed by atoms with Crippen molar-refractivity contribution in [3.8, 4) is 5.75 Å². The van der Waals surface area contributed by atoms with Crippen LogP contribution in [0.25, 0.3) is 0 Å². The third-order valence-corrected chi connectivity index (χ3v) is 4.36. The fraction of sp³-hybridized carbons (Fsp3) is 0.238. The number of guanidine groups is 1. The molecule has 0 amide bonds. The largest absolute Gasteiger partial charge is 0.494 e. The van der Waals surface area contributed by atoms with Gasteiger partial charge in [-0.15, -0.1) is 24.0 Å². The van der Waals surface area contributed by atoms with Crippen LogP contribution in [0.4, 0.5) is 4.39 Å². The predicted molar refractivity (Wildman–Crippen MR) is 123 cm³/mol. The van der Waals surface area contributed by atoms with E-state index in [1.54, 1.807) is 19.3 Å². The van der Waals surface area contributed by atoms with E-state index in [1.807, 2.05) is 35.1 Å². The number of benzene rings is 2. The molecule has 0 aliphatic rings. The van der Waals surface area contributed by atoms with Gasteiger partial charge in [0, 0.05) is 32.5 Å². The maximum atomic E-state index is 13.8. The summed E-state index contributed by atoms with van der Waals surface area (Å²) in [6.45, 7) is 1.78. The molecular weight excluding hydrogens is 484 g/mol. The Bertz CT molecular complexity index is 931. The van der Waals surface area contributed by atoms with E-state index in [9.17, 15) is 4.39 Å². The molecule has 0 aliphatic carbocycles. The van der Waals surface area contributed by atoms with Crippen molar-refractivity contribution in [1.29, 1.82) is 0 Å². The van der Waals surface area contributed by atoms with Crippen LogP contribution in [0.3, 0.4) is 0 Å². The molecule has 0 fully saturated rings. The van der Waals surface area contributed by atoms with Crippen LogP contribution < -0.4 is 15.4 Å². The van der Waals surface area contributed by atoms with E-state index in [2.05, 4.69) is 32.9 Å². The topological polar surface area (TPSA) is 63.5 Å². The van der Waals surface area contributed by atoms with E-state index in [4.69, 9.17) is 4.74 Å². The van der Waals surface area contributed by atoms with Gasteiger partial charge in [-0.25, -0.2) is 4.39 Å². The van der Waals surface area contributed by atoms with Crippen LogP contribution in [0.15, 0.2) is 65.9 Å². The second-order valence-corrected chi connectivity index (χ2v) is 6.22. The predicted octanol–water partition coefficient (Wildman–Crippen LogP) is 3.56. The number of halogens is 2. The first kappa shape index (κ1) is 22.7. The standard InChI is InChI=1S/C21H24FN5O.HI/c1-23-21(24-13-16-8-9-20(28-2)19(22)12-16)25-14-17-6-3-4-7-18(17)15-27-11-5-10-26-27;/h3-12H,13-15H2,1-2H3,(H2,23,24,25);1H. The van der Waals surface area contributed by atoms with Gasteiger partial charge in [-0.3, -0.25) is 9.67 Å². The molecule has 8 heteroatoms. The van der Waals surface area contributed by atoms with Crippen LogP contribution in [0, 0.1) is 5.82 Å². The summed E-state index contributed by atoms with van der Waals surface area (Å²) in [7, 11) is 3.16. The summed E-state index contributed by atoms with van der Waals surface area (Å²) in [5, 5.41) is 10.8. The van der Waals surface area contributed by atoms with E-state index < -0.39 is 0 Å². The van der Waals surface area contributed by atoms with E-state index >= 15 is 0 Å². The molecule has 1 aromatic heterocycles. The molecule has 6 nitrogen and oxygen atoms in total. The molecule has 0 unspecified atom stereocenters. The lowest BCUT2D eigenvalue weighted by Gasteiger charge is -2.15. The average Bonchev–Trinajstić information content (AvgIpc) is 3.22. The van der Waals surface area contributed by atoms with Crippen LogP contribution in [-0.4, -0.2) is 29.9 Å². The maximum absolute atomic E-state index is 13.8. The van der Waals surface area contributed by atoms with E-state index in [1.165, 1.54) is 18.7 Å². The highest BCUT2D eigenvalue weighted by Gasteiger charge is 2.06. The third kappa shape index (κ3) is 6.45. The molecule has 0 aliphatic heterocycles. The first-order valence-corrected chi connectivity index (χ1v) is 9.00.